The van der Waals surface area contributed by atoms with Crippen molar-refractivity contribution >= 4 is 153 Å². The van der Waals surface area contributed by atoms with Gasteiger partial charge < -0.3 is 0 Å². The summed E-state index contributed by atoms with van der Waals surface area (Å²) < 4.78 is 24.9. The van der Waals surface area contributed by atoms with E-state index in [9.17, 15) is 8.78 Å². The second-order valence-electron chi connectivity index (χ2n) is 30.0. The third-order valence-corrected chi connectivity index (χ3v) is 27.2. The Morgan fingerprint density at radius 1 is 0.278 bits per heavy atom. The second-order valence-corrected chi connectivity index (χ2v) is 41.3. The van der Waals surface area contributed by atoms with Crippen LogP contribution in [0.1, 0.15) is 339 Å². The van der Waals surface area contributed by atoms with Crippen molar-refractivity contribution in [3.8, 4) is 0 Å². The van der Waals surface area contributed by atoms with Gasteiger partial charge in [-0.2, -0.15) is 61.1 Å². The molecule has 16 heteroatoms. The number of nitrogens with zero attached hydrogens (tertiary/aromatic N) is 1. The second kappa shape index (κ2) is 55.5. The topological polar surface area (TPSA) is 4.36 Å². The van der Waals surface area contributed by atoms with Crippen LogP contribution < -0.4 is 0 Å². The predicted octanol–water partition coefficient (Wildman–Crippen LogP) is 38.1. The number of aryl methyl sites for hydroxylation is 7. The van der Waals surface area contributed by atoms with E-state index in [4.69, 9.17) is 18.2 Å². The molecule has 12 heterocycles. The smallest absolute Gasteiger partial charge is 0.201 e. The first-order valence-electron chi connectivity index (χ1n) is 37.6. The normalized spacial score (nSPS) is 10.6. The van der Waals surface area contributed by atoms with E-state index in [2.05, 4.69) is 312 Å². The summed E-state index contributed by atoms with van der Waals surface area (Å²) in [4.78, 5) is 10.7. The summed E-state index contributed by atoms with van der Waals surface area (Å²) in [6.07, 6.45) is 0. The SMILES string of the molecule is CC(C)c1ccsc1.CC(C)c1csc(F)c1.CC(C)c1cscc1Cl.CC(C)c1cscc1F.Cc1cscc1C(C)C.Cc1cscc1C(C)C.Cc1sccc1C(C)C.Cc1sccc1C(C)C.Cc1sccc1C(C)C.Cc1sccc1C(C)C.Cc1sccc1C(C)C.[C-]#[N+]c1cscc1C(C)C. The van der Waals surface area contributed by atoms with E-state index in [-0.39, 0.29) is 10.9 Å². The summed E-state index contributed by atoms with van der Waals surface area (Å²) in [7, 11) is 0. The third kappa shape index (κ3) is 39.7. The summed E-state index contributed by atoms with van der Waals surface area (Å²) in [5.41, 5.74) is 20.0. The van der Waals surface area contributed by atoms with Gasteiger partial charge in [-0.15, -0.1) is 79.4 Å². The molecule has 0 bridgehead atoms. The highest BCUT2D eigenvalue weighted by Crippen LogP contribution is 2.33. The molecule has 0 aliphatic rings. The molecule has 0 aliphatic heterocycles. The molecule has 0 amide bonds. The van der Waals surface area contributed by atoms with E-state index in [0.29, 0.717) is 71.0 Å². The standard InChI is InChI=1S/C8H9NS.7C8H12S.C7H9ClS.2C7H9FS.C7H10S/c1-6(2)7-4-10-5-8(7)9-3;2*1-6(2)8-5-9-4-7(8)3;5*1-6(2)8-4-5-9-7(8)3;2*1-5(2)6-3-9-4-7(6)8;1-5(2)6-3-7(8)9-4-6;1-6(2)7-3-4-8-5-7/h4-6H,1-2H3;7*4-6H,1-3H3;3*3-5H,1-2H3;3-6H,1-2H3. The van der Waals surface area contributed by atoms with Gasteiger partial charge in [0.15, 0.2) is 5.13 Å². The molecule has 12 aromatic heterocycles. The van der Waals surface area contributed by atoms with Crippen molar-refractivity contribution in [3.05, 3.63) is 269 Å². The number of thiophene rings is 12. The Labute approximate surface area is 709 Å². The molecule has 0 aliphatic carbocycles. The molecule has 12 aromatic rings. The van der Waals surface area contributed by atoms with Gasteiger partial charge in [0.1, 0.15) is 5.82 Å². The molecule has 0 N–H and O–H groups in total. The van der Waals surface area contributed by atoms with Crippen LogP contribution in [-0.2, 0) is 0 Å². The van der Waals surface area contributed by atoms with Crippen molar-refractivity contribution in [1.29, 1.82) is 0 Å². The summed E-state index contributed by atoms with van der Waals surface area (Å²) in [5.74, 6) is 7.28. The van der Waals surface area contributed by atoms with E-state index in [0.717, 1.165) is 21.8 Å². The number of hydrogen-bond acceptors (Lipinski definition) is 12. The van der Waals surface area contributed by atoms with Crippen LogP contribution in [0.4, 0.5) is 14.5 Å². The zero-order chi connectivity index (χ0) is 82.1. The number of rotatable bonds is 12. The Hall–Kier alpha value is -3.96. The van der Waals surface area contributed by atoms with Crippen LogP contribution >= 0.6 is 148 Å². The van der Waals surface area contributed by atoms with E-state index >= 15 is 0 Å². The van der Waals surface area contributed by atoms with Gasteiger partial charge in [-0.1, -0.05) is 178 Å². The third-order valence-electron chi connectivity index (χ3n) is 17.0. The molecule has 108 heavy (non-hydrogen) atoms. The van der Waals surface area contributed by atoms with E-state index in [1.165, 1.54) is 119 Å². The first-order valence-corrected chi connectivity index (χ1v) is 48.9. The molecule has 0 saturated carbocycles. The van der Waals surface area contributed by atoms with Gasteiger partial charge in [-0.3, -0.25) is 0 Å². The minimum Gasteiger partial charge on any atom is -0.237 e. The first kappa shape index (κ1) is 102. The molecule has 1 nitrogen and oxygen atoms in total. The number of hydrogen-bond donors (Lipinski definition) is 0. The van der Waals surface area contributed by atoms with Crippen LogP contribution in [-0.4, -0.2) is 0 Å². The molecule has 596 valence electrons. The molecule has 0 fully saturated rings. The lowest BCUT2D eigenvalue weighted by molar-refractivity contribution is 0.605. The van der Waals surface area contributed by atoms with Gasteiger partial charge in [0.05, 0.1) is 11.6 Å². The van der Waals surface area contributed by atoms with Crippen LogP contribution in [0.5, 0.6) is 0 Å². The molecule has 0 spiro atoms. The van der Waals surface area contributed by atoms with Crippen LogP contribution in [0.2, 0.25) is 5.02 Å². The molecule has 12 rings (SSSR count). The molecule has 0 radical (unpaired) electrons. The highest BCUT2D eigenvalue weighted by Gasteiger charge is 2.11. The van der Waals surface area contributed by atoms with Crippen LogP contribution in [0.25, 0.3) is 4.85 Å². The largest absolute Gasteiger partial charge is 0.237 e. The quantitative estimate of drug-likeness (QED) is 0.107. The Kier molecular flexibility index (Phi) is 52.4. The van der Waals surface area contributed by atoms with Gasteiger partial charge >= 0.3 is 0 Å². The van der Waals surface area contributed by atoms with Crippen LogP contribution in [0.15, 0.2) is 139 Å². The predicted molar refractivity (Wildman–Crippen MR) is 505 cm³/mol. The lowest BCUT2D eigenvalue weighted by atomic mass is 10.0. The minimum atomic E-state index is -0.0845. The summed E-state index contributed by atoms with van der Waals surface area (Å²) >= 11 is 26.2. The monoisotopic (exact) mass is 1710 g/mol. The Morgan fingerprint density at radius 2 is 0.574 bits per heavy atom. The Balaban J connectivity index is 0.000000589. The Bertz CT molecular complexity index is 3570. The van der Waals surface area contributed by atoms with Gasteiger partial charge in [0, 0.05) is 40.7 Å². The zero-order valence-corrected chi connectivity index (χ0v) is 81.4. The fourth-order valence-corrected chi connectivity index (χ4v) is 21.4. The maximum Gasteiger partial charge on any atom is 0.201 e. The van der Waals surface area contributed by atoms with Crippen molar-refractivity contribution < 1.29 is 8.78 Å². The maximum absolute atomic E-state index is 12.6. The molecule has 0 atom stereocenters. The average molecular weight is 1710 g/mol. The fraction of sp³-hybridized carbons (Fsp3) is 0.467. The van der Waals surface area contributed by atoms with Gasteiger partial charge in [0.25, 0.3) is 0 Å². The number of halogens is 3. The van der Waals surface area contributed by atoms with Crippen LogP contribution in [0, 0.1) is 66.0 Å². The van der Waals surface area contributed by atoms with E-state index < -0.39 is 0 Å². The van der Waals surface area contributed by atoms with E-state index in [1.807, 2.05) is 92.1 Å². The zero-order valence-electron chi connectivity index (χ0n) is 70.8. The lowest BCUT2D eigenvalue weighted by Crippen LogP contribution is -1.85. The summed E-state index contributed by atoms with van der Waals surface area (Å²) in [5, 5.41) is 38.1. The molecular formula is C92H130ClF2NS12. The van der Waals surface area contributed by atoms with Crippen molar-refractivity contribution in [2.75, 3.05) is 0 Å². The van der Waals surface area contributed by atoms with Gasteiger partial charge in [0.2, 0.25) is 5.69 Å². The van der Waals surface area contributed by atoms with E-state index in [1.54, 1.807) is 62.8 Å². The Morgan fingerprint density at radius 3 is 0.722 bits per heavy atom. The molecule has 0 unspecified atom stereocenters. The summed E-state index contributed by atoms with van der Waals surface area (Å²) in [6.45, 7) is 74.3. The van der Waals surface area contributed by atoms with Gasteiger partial charge in [-0.05, 0) is 320 Å². The molecular weight excluding hydrogens is 1580 g/mol. The summed E-state index contributed by atoms with van der Waals surface area (Å²) in [6, 6.07) is 14.8. The minimum absolute atomic E-state index is 0.0602. The molecule has 0 aromatic carbocycles. The molecule has 0 saturated heterocycles. The highest BCUT2D eigenvalue weighted by atomic mass is 35.5. The van der Waals surface area contributed by atoms with Crippen molar-refractivity contribution in [2.45, 2.75) is 286 Å². The van der Waals surface area contributed by atoms with Gasteiger partial charge in [-0.25, -0.2) is 9.24 Å². The highest BCUT2D eigenvalue weighted by molar-refractivity contribution is 7.12. The van der Waals surface area contributed by atoms with Crippen LogP contribution in [0.3, 0.4) is 0 Å². The van der Waals surface area contributed by atoms with Crippen molar-refractivity contribution in [3.63, 3.8) is 0 Å². The fourth-order valence-electron chi connectivity index (χ4n) is 10.4. The average Bonchev–Trinajstić information content (AvgIpc) is 1.85. The van der Waals surface area contributed by atoms with Crippen molar-refractivity contribution in [1.82, 2.24) is 0 Å². The first-order chi connectivity index (χ1) is 50.7. The lowest BCUT2D eigenvalue weighted by Gasteiger charge is -2.01. The maximum atomic E-state index is 12.6. The van der Waals surface area contributed by atoms with Crippen molar-refractivity contribution in [2.24, 2.45) is 0 Å².